The predicted molar refractivity (Wildman–Crippen MR) is 120 cm³/mol. The molecule has 0 saturated carbocycles. The molecule has 14 heteroatoms. The molecule has 1 amide bonds. The number of hydrogen-bond donors (Lipinski definition) is 1. The molecule has 172 valence electrons. The Bertz CT molecular complexity index is 1250. The number of non-ortho nitro benzene ring substituents is 1. The summed E-state index contributed by atoms with van der Waals surface area (Å²) in [6.07, 6.45) is -4.10. The van der Waals surface area contributed by atoms with Crippen molar-refractivity contribution in [3.63, 3.8) is 0 Å². The standard InChI is InChI=1S/C19H8BrCl3F3N3O4/c20-12-2-1-10(29(31)32)6-11(12)17(30)28-9-4-13(21)16(14(22)5-9)33-18-15(23)3-8(7-27-18)19(24,25)26/h1-7H,(H,28,30). The zero-order valence-corrected chi connectivity index (χ0v) is 19.6. The van der Waals surface area contributed by atoms with Gasteiger partial charge in [-0.1, -0.05) is 34.8 Å². The highest BCUT2D eigenvalue weighted by atomic mass is 79.9. The number of nitro groups is 1. The Kier molecular flexibility index (Phi) is 7.37. The van der Waals surface area contributed by atoms with Gasteiger partial charge in [-0.05, 0) is 40.2 Å². The number of amides is 1. The van der Waals surface area contributed by atoms with E-state index in [2.05, 4.69) is 26.2 Å². The van der Waals surface area contributed by atoms with Crippen LogP contribution < -0.4 is 10.1 Å². The number of ether oxygens (including phenoxy) is 1. The lowest BCUT2D eigenvalue weighted by molar-refractivity contribution is -0.384. The van der Waals surface area contributed by atoms with E-state index in [1.54, 1.807) is 0 Å². The second kappa shape index (κ2) is 9.72. The molecule has 3 rings (SSSR count). The maximum Gasteiger partial charge on any atom is 0.417 e. The number of alkyl halides is 3. The number of anilines is 1. The van der Waals surface area contributed by atoms with Crippen LogP contribution in [0.25, 0.3) is 0 Å². The van der Waals surface area contributed by atoms with Crippen molar-refractivity contribution in [1.82, 2.24) is 4.98 Å². The molecule has 1 aromatic heterocycles. The van der Waals surface area contributed by atoms with Gasteiger partial charge in [-0.15, -0.1) is 0 Å². The number of hydrogen-bond acceptors (Lipinski definition) is 5. The van der Waals surface area contributed by atoms with E-state index >= 15 is 0 Å². The topological polar surface area (TPSA) is 94.4 Å². The van der Waals surface area contributed by atoms with Crippen LogP contribution in [0, 0.1) is 10.1 Å². The van der Waals surface area contributed by atoms with E-state index in [0.717, 1.165) is 6.07 Å². The first-order valence-electron chi connectivity index (χ1n) is 8.51. The van der Waals surface area contributed by atoms with E-state index in [-0.39, 0.29) is 38.6 Å². The van der Waals surface area contributed by atoms with Crippen LogP contribution in [0.15, 0.2) is 47.1 Å². The minimum atomic E-state index is -4.64. The third-order valence-corrected chi connectivity index (χ3v) is 5.52. The normalized spacial score (nSPS) is 11.2. The highest BCUT2D eigenvalue weighted by Crippen LogP contribution is 2.41. The summed E-state index contributed by atoms with van der Waals surface area (Å²) in [5, 5.41) is 12.8. The summed E-state index contributed by atoms with van der Waals surface area (Å²) >= 11 is 21.3. The molecular formula is C19H8BrCl3F3N3O4. The van der Waals surface area contributed by atoms with Crippen molar-refractivity contribution in [2.45, 2.75) is 6.18 Å². The molecule has 33 heavy (non-hydrogen) atoms. The Hall–Kier alpha value is -2.60. The quantitative estimate of drug-likeness (QED) is 0.244. The number of nitrogens with zero attached hydrogens (tertiary/aromatic N) is 2. The zero-order valence-electron chi connectivity index (χ0n) is 15.7. The Morgan fingerprint density at radius 1 is 1.09 bits per heavy atom. The molecule has 0 unspecified atom stereocenters. The lowest BCUT2D eigenvalue weighted by Crippen LogP contribution is -2.13. The molecule has 7 nitrogen and oxygen atoms in total. The van der Waals surface area contributed by atoms with Crippen LogP contribution in [0.1, 0.15) is 15.9 Å². The van der Waals surface area contributed by atoms with Gasteiger partial charge in [-0.25, -0.2) is 4.98 Å². The number of carbonyl (C=O) groups excluding carboxylic acids is 1. The summed E-state index contributed by atoms with van der Waals surface area (Å²) in [4.78, 5) is 26.4. The molecule has 3 aromatic rings. The Balaban J connectivity index is 1.85. The van der Waals surface area contributed by atoms with E-state index in [0.29, 0.717) is 16.7 Å². The maximum absolute atomic E-state index is 12.8. The minimum absolute atomic E-state index is 0.0162. The largest absolute Gasteiger partial charge is 0.434 e. The van der Waals surface area contributed by atoms with Crippen molar-refractivity contribution in [3.8, 4) is 11.6 Å². The lowest BCUT2D eigenvalue weighted by Gasteiger charge is -2.14. The molecule has 0 atom stereocenters. The van der Waals surface area contributed by atoms with Gasteiger partial charge in [0.1, 0.15) is 5.02 Å². The van der Waals surface area contributed by atoms with Crippen LogP contribution in [-0.2, 0) is 6.18 Å². The van der Waals surface area contributed by atoms with Crippen LogP contribution in [0.5, 0.6) is 11.6 Å². The highest BCUT2D eigenvalue weighted by molar-refractivity contribution is 9.10. The first-order chi connectivity index (χ1) is 15.4. The second-order valence-electron chi connectivity index (χ2n) is 6.26. The molecular weight excluding hydrogens is 577 g/mol. The summed E-state index contributed by atoms with van der Waals surface area (Å²) in [6, 6.07) is 6.80. The van der Waals surface area contributed by atoms with Gasteiger partial charge in [0, 0.05) is 28.5 Å². The number of carbonyl (C=O) groups is 1. The van der Waals surface area contributed by atoms with E-state index in [1.165, 1.54) is 24.3 Å². The summed E-state index contributed by atoms with van der Waals surface area (Å²) < 4.78 is 44.0. The van der Waals surface area contributed by atoms with E-state index in [1.807, 2.05) is 0 Å². The smallest absolute Gasteiger partial charge is 0.417 e. The van der Waals surface area contributed by atoms with Crippen LogP contribution in [0.2, 0.25) is 15.1 Å². The Labute approximate surface area is 206 Å². The number of benzene rings is 2. The lowest BCUT2D eigenvalue weighted by atomic mass is 10.2. The number of nitro benzene ring substituents is 1. The summed E-state index contributed by atoms with van der Waals surface area (Å²) in [5.41, 5.74) is -1.25. The Morgan fingerprint density at radius 2 is 1.73 bits per heavy atom. The Morgan fingerprint density at radius 3 is 2.27 bits per heavy atom. The summed E-state index contributed by atoms with van der Waals surface area (Å²) in [5.74, 6) is -1.23. The average molecular weight is 586 g/mol. The van der Waals surface area contributed by atoms with Crippen molar-refractivity contribution in [1.29, 1.82) is 0 Å². The van der Waals surface area contributed by atoms with E-state index in [4.69, 9.17) is 39.5 Å². The first-order valence-corrected chi connectivity index (χ1v) is 10.4. The molecule has 0 aliphatic carbocycles. The van der Waals surface area contributed by atoms with Gasteiger partial charge >= 0.3 is 6.18 Å². The van der Waals surface area contributed by atoms with Gasteiger partial charge in [-0.2, -0.15) is 13.2 Å². The van der Waals surface area contributed by atoms with Gasteiger partial charge in [0.2, 0.25) is 5.88 Å². The number of aromatic nitrogens is 1. The van der Waals surface area contributed by atoms with Gasteiger partial charge in [-0.3, -0.25) is 14.9 Å². The molecule has 0 spiro atoms. The fourth-order valence-corrected chi connectivity index (χ4v) is 3.68. The van der Waals surface area contributed by atoms with Crippen LogP contribution in [0.3, 0.4) is 0 Å². The molecule has 0 fully saturated rings. The molecule has 0 radical (unpaired) electrons. The number of pyridine rings is 1. The third kappa shape index (κ3) is 5.85. The van der Waals surface area contributed by atoms with Gasteiger partial charge in [0.25, 0.3) is 11.6 Å². The fourth-order valence-electron chi connectivity index (χ4n) is 2.48. The second-order valence-corrected chi connectivity index (χ2v) is 8.33. The van der Waals surface area contributed by atoms with Gasteiger partial charge in [0.15, 0.2) is 5.75 Å². The highest BCUT2D eigenvalue weighted by Gasteiger charge is 2.32. The van der Waals surface area contributed by atoms with Crippen molar-refractivity contribution >= 4 is 68.0 Å². The van der Waals surface area contributed by atoms with Crippen molar-refractivity contribution in [3.05, 3.63) is 83.4 Å². The van der Waals surface area contributed by atoms with Crippen LogP contribution >= 0.6 is 50.7 Å². The third-order valence-electron chi connectivity index (χ3n) is 4.00. The molecule has 2 aromatic carbocycles. The summed E-state index contributed by atoms with van der Waals surface area (Å²) in [7, 11) is 0. The number of rotatable bonds is 5. The molecule has 0 aliphatic heterocycles. The van der Waals surface area contributed by atoms with Crippen molar-refractivity contribution < 1.29 is 27.6 Å². The van der Waals surface area contributed by atoms with Gasteiger partial charge < -0.3 is 10.1 Å². The SMILES string of the molecule is O=C(Nc1cc(Cl)c(Oc2ncc(C(F)(F)F)cc2Cl)c(Cl)c1)c1cc([N+](=O)[O-])ccc1Br. The molecule has 1 N–H and O–H groups in total. The van der Waals surface area contributed by atoms with E-state index in [9.17, 15) is 28.1 Å². The number of nitrogens with one attached hydrogen (secondary N) is 1. The van der Waals surface area contributed by atoms with Crippen LogP contribution in [-0.4, -0.2) is 15.8 Å². The molecule has 0 saturated heterocycles. The monoisotopic (exact) mass is 583 g/mol. The minimum Gasteiger partial charge on any atom is -0.434 e. The molecule has 0 bridgehead atoms. The summed E-state index contributed by atoms with van der Waals surface area (Å²) in [6.45, 7) is 0. The molecule has 0 aliphatic rings. The van der Waals surface area contributed by atoms with Crippen molar-refractivity contribution in [2.24, 2.45) is 0 Å². The predicted octanol–water partition coefficient (Wildman–Crippen LogP) is 7.78. The van der Waals surface area contributed by atoms with Crippen molar-refractivity contribution in [2.75, 3.05) is 5.32 Å². The molecule has 1 heterocycles. The number of halogens is 7. The fraction of sp³-hybridized carbons (Fsp3) is 0.0526. The van der Waals surface area contributed by atoms with Crippen LogP contribution in [0.4, 0.5) is 24.5 Å². The van der Waals surface area contributed by atoms with Gasteiger partial charge in [0.05, 0.1) is 26.1 Å². The zero-order chi connectivity index (χ0) is 24.5. The van der Waals surface area contributed by atoms with E-state index < -0.39 is 27.6 Å². The average Bonchev–Trinajstić information content (AvgIpc) is 2.71. The first kappa shape index (κ1) is 25.0. The maximum atomic E-state index is 12.8.